The van der Waals surface area contributed by atoms with Crippen molar-refractivity contribution in [1.82, 2.24) is 20.0 Å². The molecule has 2 aromatic rings. The van der Waals surface area contributed by atoms with E-state index in [1.807, 2.05) is 17.2 Å². The van der Waals surface area contributed by atoms with Gasteiger partial charge >= 0.3 is 0 Å². The fourth-order valence-corrected chi connectivity index (χ4v) is 2.86. The van der Waals surface area contributed by atoms with Crippen molar-refractivity contribution in [2.24, 2.45) is 0 Å². The van der Waals surface area contributed by atoms with Gasteiger partial charge in [0, 0.05) is 25.5 Å². The Morgan fingerprint density at radius 2 is 2.08 bits per heavy atom. The average Bonchev–Trinajstić information content (AvgIpc) is 3.27. The van der Waals surface area contributed by atoms with Crippen LogP contribution in [-0.2, 0) is 11.3 Å². The van der Waals surface area contributed by atoms with E-state index < -0.39 is 6.04 Å². The van der Waals surface area contributed by atoms with Gasteiger partial charge in [0.05, 0.1) is 6.54 Å². The monoisotopic (exact) mass is 330 g/mol. The molecule has 1 aliphatic rings. The normalized spacial score (nSPS) is 16.0. The highest BCUT2D eigenvalue weighted by Gasteiger charge is 2.24. The molecule has 0 aliphatic carbocycles. The first-order valence-electron chi connectivity index (χ1n) is 8.29. The Morgan fingerprint density at radius 3 is 2.79 bits per heavy atom. The Hall–Kier alpha value is -2.57. The van der Waals surface area contributed by atoms with E-state index >= 15 is 0 Å². The summed E-state index contributed by atoms with van der Waals surface area (Å²) in [5, 5.41) is 6.81. The largest absolute Gasteiger partial charge is 0.454 e. The number of nitrogens with zero attached hydrogens (tertiary/aromatic N) is 3. The van der Waals surface area contributed by atoms with Crippen LogP contribution in [0.15, 0.2) is 35.0 Å². The number of carbonyl (C=O) groups is 2. The third kappa shape index (κ3) is 3.84. The molecule has 1 N–H and O–H groups in total. The van der Waals surface area contributed by atoms with Gasteiger partial charge in [-0.15, -0.1) is 0 Å². The Morgan fingerprint density at radius 1 is 1.29 bits per heavy atom. The van der Waals surface area contributed by atoms with E-state index in [-0.39, 0.29) is 17.6 Å². The van der Waals surface area contributed by atoms with E-state index in [0.29, 0.717) is 12.3 Å². The Bertz CT molecular complexity index is 687. The molecule has 3 heterocycles. The summed E-state index contributed by atoms with van der Waals surface area (Å²) in [4.78, 5) is 26.4. The van der Waals surface area contributed by atoms with Crippen LogP contribution in [0.2, 0.25) is 0 Å². The van der Waals surface area contributed by atoms with E-state index in [4.69, 9.17) is 4.42 Å². The maximum Gasteiger partial charge on any atom is 0.287 e. The van der Waals surface area contributed by atoms with Crippen molar-refractivity contribution in [1.29, 1.82) is 0 Å². The van der Waals surface area contributed by atoms with Gasteiger partial charge < -0.3 is 14.6 Å². The minimum Gasteiger partial charge on any atom is -0.454 e. The summed E-state index contributed by atoms with van der Waals surface area (Å²) in [6, 6.07) is 4.63. The van der Waals surface area contributed by atoms with Crippen LogP contribution in [0.25, 0.3) is 0 Å². The molecule has 7 nitrogen and oxygen atoms in total. The molecular weight excluding hydrogens is 308 g/mol. The number of hydrogen-bond acceptors (Lipinski definition) is 4. The molecular formula is C17H22N4O3. The number of rotatable bonds is 5. The van der Waals surface area contributed by atoms with Crippen LogP contribution >= 0.6 is 0 Å². The number of furan rings is 1. The Labute approximate surface area is 140 Å². The summed E-state index contributed by atoms with van der Waals surface area (Å²) < 4.78 is 7.26. The van der Waals surface area contributed by atoms with Crippen molar-refractivity contribution in [3.63, 3.8) is 0 Å². The molecule has 2 aromatic heterocycles. The fraction of sp³-hybridized carbons (Fsp3) is 0.471. The van der Waals surface area contributed by atoms with Crippen molar-refractivity contribution in [3.05, 3.63) is 42.1 Å². The van der Waals surface area contributed by atoms with Gasteiger partial charge in [0.15, 0.2) is 5.76 Å². The number of aromatic nitrogens is 2. The van der Waals surface area contributed by atoms with Crippen LogP contribution in [0.1, 0.15) is 42.5 Å². The molecule has 128 valence electrons. The minimum atomic E-state index is -0.560. The van der Waals surface area contributed by atoms with Crippen molar-refractivity contribution in [2.45, 2.75) is 38.8 Å². The topological polar surface area (TPSA) is 80.4 Å². The Balaban J connectivity index is 1.56. The first-order chi connectivity index (χ1) is 11.6. The first kappa shape index (κ1) is 16.3. The zero-order valence-electron chi connectivity index (χ0n) is 13.8. The molecule has 0 bridgehead atoms. The van der Waals surface area contributed by atoms with Crippen LogP contribution in [0, 0.1) is 0 Å². The molecule has 1 fully saturated rings. The highest BCUT2D eigenvalue weighted by Crippen LogP contribution is 2.12. The van der Waals surface area contributed by atoms with Crippen LogP contribution < -0.4 is 5.32 Å². The molecule has 0 radical (unpaired) electrons. The van der Waals surface area contributed by atoms with Gasteiger partial charge in [-0.2, -0.15) is 5.10 Å². The fourth-order valence-electron chi connectivity index (χ4n) is 2.86. The lowest BCUT2D eigenvalue weighted by atomic mass is 10.1. The smallest absolute Gasteiger partial charge is 0.287 e. The summed E-state index contributed by atoms with van der Waals surface area (Å²) in [7, 11) is 0. The molecule has 7 heteroatoms. The SMILES string of the molecule is C[C@@H](NC(=O)c1ccc(Cn2cccn2)o1)C(=O)N1CCCCC1. The van der Waals surface area contributed by atoms with Gasteiger partial charge in [0.2, 0.25) is 5.91 Å². The third-order valence-corrected chi connectivity index (χ3v) is 4.15. The Kier molecular flexibility index (Phi) is 4.98. The second-order valence-corrected chi connectivity index (χ2v) is 6.05. The number of piperidine rings is 1. The van der Waals surface area contributed by atoms with Crippen LogP contribution in [0.5, 0.6) is 0 Å². The van der Waals surface area contributed by atoms with Gasteiger partial charge in [-0.05, 0) is 44.4 Å². The maximum absolute atomic E-state index is 12.4. The number of hydrogen-bond donors (Lipinski definition) is 1. The number of carbonyl (C=O) groups excluding carboxylic acids is 2. The molecule has 1 saturated heterocycles. The van der Waals surface area contributed by atoms with Crippen molar-refractivity contribution >= 4 is 11.8 Å². The van der Waals surface area contributed by atoms with Gasteiger partial charge in [0.1, 0.15) is 11.8 Å². The lowest BCUT2D eigenvalue weighted by Crippen LogP contribution is -2.48. The summed E-state index contributed by atoms with van der Waals surface area (Å²) in [5.74, 6) is 0.431. The summed E-state index contributed by atoms with van der Waals surface area (Å²) in [6.07, 6.45) is 6.73. The van der Waals surface area contributed by atoms with Gasteiger partial charge in [0.25, 0.3) is 5.91 Å². The second kappa shape index (κ2) is 7.33. The van der Waals surface area contributed by atoms with E-state index in [1.54, 1.807) is 29.9 Å². The van der Waals surface area contributed by atoms with Gasteiger partial charge in [-0.1, -0.05) is 0 Å². The molecule has 0 aromatic carbocycles. The lowest BCUT2D eigenvalue weighted by molar-refractivity contribution is -0.133. The van der Waals surface area contributed by atoms with Crippen LogP contribution in [-0.4, -0.2) is 45.6 Å². The zero-order valence-corrected chi connectivity index (χ0v) is 13.8. The molecule has 0 spiro atoms. The van der Waals surface area contributed by atoms with E-state index in [2.05, 4.69) is 10.4 Å². The molecule has 2 amide bonds. The maximum atomic E-state index is 12.4. The predicted octanol–water partition coefficient (Wildman–Crippen LogP) is 1.66. The lowest BCUT2D eigenvalue weighted by Gasteiger charge is -2.29. The highest BCUT2D eigenvalue weighted by molar-refractivity contribution is 5.95. The molecule has 1 atom stereocenters. The third-order valence-electron chi connectivity index (χ3n) is 4.15. The second-order valence-electron chi connectivity index (χ2n) is 6.05. The summed E-state index contributed by atoms with van der Waals surface area (Å²) in [5.41, 5.74) is 0. The number of amides is 2. The summed E-state index contributed by atoms with van der Waals surface area (Å²) in [6.45, 7) is 3.71. The minimum absolute atomic E-state index is 0.0358. The van der Waals surface area contributed by atoms with Crippen molar-refractivity contribution in [2.75, 3.05) is 13.1 Å². The molecule has 1 aliphatic heterocycles. The summed E-state index contributed by atoms with van der Waals surface area (Å²) >= 11 is 0. The predicted molar refractivity (Wildman–Crippen MR) is 87.4 cm³/mol. The first-order valence-corrected chi connectivity index (χ1v) is 8.29. The van der Waals surface area contributed by atoms with Crippen molar-refractivity contribution < 1.29 is 14.0 Å². The van der Waals surface area contributed by atoms with Crippen LogP contribution in [0.3, 0.4) is 0 Å². The highest BCUT2D eigenvalue weighted by atomic mass is 16.4. The van der Waals surface area contributed by atoms with Gasteiger partial charge in [-0.3, -0.25) is 14.3 Å². The van der Waals surface area contributed by atoms with Crippen molar-refractivity contribution in [3.8, 4) is 0 Å². The molecule has 3 rings (SSSR count). The molecule has 0 saturated carbocycles. The zero-order chi connectivity index (χ0) is 16.9. The molecule has 0 unspecified atom stereocenters. The number of likely N-dealkylation sites (tertiary alicyclic amines) is 1. The quantitative estimate of drug-likeness (QED) is 0.904. The number of nitrogens with one attached hydrogen (secondary N) is 1. The standard InChI is InChI=1S/C17H22N4O3/c1-13(17(23)20-9-3-2-4-10-20)19-16(22)15-7-6-14(24-15)12-21-11-5-8-18-21/h5-8,11,13H,2-4,9-10,12H2,1H3,(H,19,22)/t13-/m1/s1. The van der Waals surface area contributed by atoms with Gasteiger partial charge in [-0.25, -0.2) is 0 Å². The molecule has 24 heavy (non-hydrogen) atoms. The van der Waals surface area contributed by atoms with E-state index in [9.17, 15) is 9.59 Å². The van der Waals surface area contributed by atoms with E-state index in [0.717, 1.165) is 32.4 Å². The van der Waals surface area contributed by atoms with Crippen LogP contribution in [0.4, 0.5) is 0 Å². The average molecular weight is 330 g/mol. The van der Waals surface area contributed by atoms with E-state index in [1.165, 1.54) is 0 Å².